The van der Waals surface area contributed by atoms with E-state index < -0.39 is 0 Å². The fourth-order valence-corrected chi connectivity index (χ4v) is 8.44. The molecule has 0 aromatic heterocycles. The number of aliphatic hydroxyl groups excluding tert-OH is 1. The number of carbonyl (C=O) groups excluding carboxylic acids is 1. The van der Waals surface area contributed by atoms with E-state index in [1.54, 1.807) is 16.7 Å². The van der Waals surface area contributed by atoms with E-state index in [1.165, 1.54) is 32.1 Å². The maximum atomic E-state index is 12.2. The van der Waals surface area contributed by atoms with E-state index >= 15 is 0 Å². The topological polar surface area (TPSA) is 37.3 Å². The summed E-state index contributed by atoms with van der Waals surface area (Å²) in [5, 5.41) is 10.7. The number of ketones is 1. The summed E-state index contributed by atoms with van der Waals surface area (Å²) < 4.78 is 0. The van der Waals surface area contributed by atoms with Crippen molar-refractivity contribution in [1.29, 1.82) is 0 Å². The van der Waals surface area contributed by atoms with Gasteiger partial charge in [0.05, 0.1) is 6.10 Å². The number of Topliss-reactive ketones (excluding diaryl/α,β-unsaturated/α-hetero) is 1. The molecule has 0 aromatic carbocycles. The second-order valence-electron chi connectivity index (χ2n) is 12.9. The molecule has 2 heteroatoms. The second-order valence-corrected chi connectivity index (χ2v) is 12.9. The minimum atomic E-state index is -0.161. The predicted octanol–water partition coefficient (Wildman–Crippen LogP) is 7.27. The van der Waals surface area contributed by atoms with Crippen LogP contribution in [0.3, 0.4) is 0 Å². The molecule has 0 amide bonds. The lowest BCUT2D eigenvalue weighted by Gasteiger charge is -2.59. The Morgan fingerprint density at radius 3 is 2.45 bits per heavy atom. The third-order valence-corrected chi connectivity index (χ3v) is 10.6. The van der Waals surface area contributed by atoms with Crippen molar-refractivity contribution < 1.29 is 9.90 Å². The van der Waals surface area contributed by atoms with Gasteiger partial charge in [-0.15, -0.1) is 0 Å². The molecule has 6 atom stereocenters. The molecule has 0 aromatic rings. The van der Waals surface area contributed by atoms with Gasteiger partial charge in [0.25, 0.3) is 0 Å². The van der Waals surface area contributed by atoms with Gasteiger partial charge < -0.3 is 5.11 Å². The maximum absolute atomic E-state index is 12.2. The molecule has 1 saturated carbocycles. The Hall–Kier alpha value is -0.890. The highest BCUT2D eigenvalue weighted by Crippen LogP contribution is 2.66. The average Bonchev–Trinajstić information content (AvgIpc) is 3.06. The van der Waals surface area contributed by atoms with Crippen LogP contribution < -0.4 is 0 Å². The summed E-state index contributed by atoms with van der Waals surface area (Å²) in [7, 11) is 0. The highest BCUT2D eigenvalue weighted by Gasteiger charge is 2.57. The molecular formula is C29H46O2. The van der Waals surface area contributed by atoms with Gasteiger partial charge >= 0.3 is 0 Å². The third-order valence-electron chi connectivity index (χ3n) is 10.6. The zero-order valence-electron chi connectivity index (χ0n) is 21.2. The van der Waals surface area contributed by atoms with Crippen molar-refractivity contribution >= 4 is 5.78 Å². The van der Waals surface area contributed by atoms with Crippen molar-refractivity contribution in [2.24, 2.45) is 39.9 Å². The first-order valence-corrected chi connectivity index (χ1v) is 13.1. The molecule has 4 rings (SSSR count). The van der Waals surface area contributed by atoms with Gasteiger partial charge in [0.2, 0.25) is 0 Å². The summed E-state index contributed by atoms with van der Waals surface area (Å²) in [6.45, 7) is 16.1. The first-order chi connectivity index (χ1) is 14.4. The van der Waals surface area contributed by atoms with Crippen molar-refractivity contribution in [3.8, 4) is 0 Å². The van der Waals surface area contributed by atoms with Gasteiger partial charge in [0.1, 0.15) is 5.78 Å². The molecule has 0 heterocycles. The highest BCUT2D eigenvalue weighted by molar-refractivity contribution is 5.80. The summed E-state index contributed by atoms with van der Waals surface area (Å²) >= 11 is 0. The summed E-state index contributed by atoms with van der Waals surface area (Å²) in [6.07, 6.45) is 12.4. The lowest BCUT2D eigenvalue weighted by atomic mass is 9.46. The van der Waals surface area contributed by atoms with E-state index in [9.17, 15) is 9.90 Å². The number of allylic oxidation sites excluding steroid dienone is 4. The van der Waals surface area contributed by atoms with E-state index in [0.717, 1.165) is 25.7 Å². The van der Waals surface area contributed by atoms with E-state index in [0.29, 0.717) is 23.5 Å². The van der Waals surface area contributed by atoms with Crippen LogP contribution in [0.15, 0.2) is 22.8 Å². The molecule has 0 bridgehead atoms. The van der Waals surface area contributed by atoms with Crippen LogP contribution in [0.25, 0.3) is 0 Å². The number of hydrogen-bond acceptors (Lipinski definition) is 2. The molecular weight excluding hydrogens is 380 g/mol. The first-order valence-electron chi connectivity index (χ1n) is 13.1. The van der Waals surface area contributed by atoms with Crippen LogP contribution in [0.5, 0.6) is 0 Å². The zero-order chi connectivity index (χ0) is 22.8. The highest BCUT2D eigenvalue weighted by atomic mass is 16.3. The molecule has 0 aliphatic heterocycles. The molecule has 1 fully saturated rings. The van der Waals surface area contributed by atoms with Crippen molar-refractivity contribution in [2.75, 3.05) is 0 Å². The fraction of sp³-hybridized carbons (Fsp3) is 0.828. The average molecular weight is 427 g/mol. The Morgan fingerprint density at radius 2 is 1.77 bits per heavy atom. The smallest absolute Gasteiger partial charge is 0.135 e. The van der Waals surface area contributed by atoms with Crippen molar-refractivity contribution in [3.05, 3.63) is 22.8 Å². The van der Waals surface area contributed by atoms with Crippen LogP contribution in [-0.4, -0.2) is 17.0 Å². The largest absolute Gasteiger partial charge is 0.393 e. The van der Waals surface area contributed by atoms with Gasteiger partial charge in [-0.05, 0) is 96.5 Å². The molecule has 0 unspecified atom stereocenters. The Bertz CT molecular complexity index is 800. The molecule has 31 heavy (non-hydrogen) atoms. The molecule has 0 radical (unpaired) electrons. The fourth-order valence-electron chi connectivity index (χ4n) is 8.44. The minimum absolute atomic E-state index is 0.0103. The van der Waals surface area contributed by atoms with Gasteiger partial charge in [-0.25, -0.2) is 0 Å². The Labute approximate surface area is 191 Å². The Balaban J connectivity index is 1.58. The summed E-state index contributed by atoms with van der Waals surface area (Å²) in [4.78, 5) is 12.2. The van der Waals surface area contributed by atoms with Gasteiger partial charge in [0.15, 0.2) is 0 Å². The van der Waals surface area contributed by atoms with Gasteiger partial charge in [0, 0.05) is 12.3 Å². The lowest BCUT2D eigenvalue weighted by Crippen LogP contribution is -2.53. The van der Waals surface area contributed by atoms with Crippen molar-refractivity contribution in [1.82, 2.24) is 0 Å². The molecule has 0 spiro atoms. The normalized spacial score (nSPS) is 40.2. The van der Waals surface area contributed by atoms with Gasteiger partial charge in [-0.1, -0.05) is 60.1 Å². The maximum Gasteiger partial charge on any atom is 0.135 e. The van der Waals surface area contributed by atoms with Crippen LogP contribution in [-0.2, 0) is 4.79 Å². The van der Waals surface area contributed by atoms with E-state index in [4.69, 9.17) is 0 Å². The van der Waals surface area contributed by atoms with E-state index in [-0.39, 0.29) is 28.3 Å². The quantitative estimate of drug-likeness (QED) is 0.502. The number of fused-ring (bicyclic) bond motifs is 4. The van der Waals surface area contributed by atoms with Crippen molar-refractivity contribution in [2.45, 2.75) is 112 Å². The van der Waals surface area contributed by atoms with Crippen LogP contribution in [0.4, 0.5) is 0 Å². The molecule has 2 nitrogen and oxygen atoms in total. The first kappa shape index (κ1) is 23.3. The van der Waals surface area contributed by atoms with Crippen LogP contribution in [0.2, 0.25) is 0 Å². The number of rotatable bonds is 5. The SMILES string of the molecule is CC(C)C(=O)CC[C@@H](C)[C@H]1CC=C2C3=C(CC[C@@]21C)[C@@]1(C)CC[C@H](O)C(C)(C)[C@@H]1CC3. The molecule has 4 aliphatic carbocycles. The summed E-state index contributed by atoms with van der Waals surface area (Å²) in [6, 6.07) is 0. The molecule has 174 valence electrons. The van der Waals surface area contributed by atoms with Crippen LogP contribution >= 0.6 is 0 Å². The monoisotopic (exact) mass is 426 g/mol. The number of aliphatic hydroxyl groups is 1. The predicted molar refractivity (Wildman–Crippen MR) is 129 cm³/mol. The van der Waals surface area contributed by atoms with E-state index in [2.05, 4.69) is 40.7 Å². The summed E-state index contributed by atoms with van der Waals surface area (Å²) in [5.41, 5.74) is 5.67. The van der Waals surface area contributed by atoms with Crippen molar-refractivity contribution in [3.63, 3.8) is 0 Å². The molecule has 0 saturated heterocycles. The van der Waals surface area contributed by atoms with Crippen LogP contribution in [0, 0.1) is 39.9 Å². The second kappa shape index (κ2) is 7.86. The number of hydrogen-bond donors (Lipinski definition) is 1. The Morgan fingerprint density at radius 1 is 1.06 bits per heavy atom. The third kappa shape index (κ3) is 3.51. The molecule has 4 aliphatic rings. The zero-order valence-corrected chi connectivity index (χ0v) is 21.2. The van der Waals surface area contributed by atoms with E-state index in [1.807, 2.05) is 13.8 Å². The minimum Gasteiger partial charge on any atom is -0.393 e. The molecule has 1 N–H and O–H groups in total. The van der Waals surface area contributed by atoms with Gasteiger partial charge in [-0.2, -0.15) is 0 Å². The van der Waals surface area contributed by atoms with Gasteiger partial charge in [-0.3, -0.25) is 4.79 Å². The lowest BCUT2D eigenvalue weighted by molar-refractivity contribution is -0.122. The Kier molecular flexibility index (Phi) is 5.90. The standard InChI is InChI=1S/C29H46O2/c1-18(2)24(30)12-8-19(3)21-10-11-22-20-9-13-25-27(4,5)26(31)15-17-29(25,7)23(20)14-16-28(21,22)6/h11,18-19,21,25-26,31H,8-10,12-17H2,1-7H3/t19-,21-,25+,26+,28-,29-/m1/s1. The summed E-state index contributed by atoms with van der Waals surface area (Å²) in [5.74, 6) is 2.44. The number of carbonyl (C=O) groups is 1. The van der Waals surface area contributed by atoms with Crippen LogP contribution in [0.1, 0.15) is 106 Å².